The summed E-state index contributed by atoms with van der Waals surface area (Å²) in [5.74, 6) is 0. The van der Waals surface area contributed by atoms with Gasteiger partial charge in [0.1, 0.15) is 18.4 Å². The Kier molecular flexibility index (Phi) is 15.1. The minimum absolute atomic E-state index is 0.0912. The van der Waals surface area contributed by atoms with Crippen LogP contribution in [0, 0.1) is 9.81 Å². The molecule has 0 fully saturated rings. The Morgan fingerprint density at radius 1 is 0.880 bits per heavy atom. The largest absolute Gasteiger partial charge is 0.391 e. The van der Waals surface area contributed by atoms with Gasteiger partial charge >= 0.3 is 0 Å². The van der Waals surface area contributed by atoms with Gasteiger partial charge in [-0.25, -0.2) is 0 Å². The Balaban J connectivity index is 4.17. The number of carbonyl (C=O) groups is 1. The smallest absolute Gasteiger partial charge is 0.121 e. The Labute approximate surface area is 149 Å². The summed E-state index contributed by atoms with van der Waals surface area (Å²) in [5, 5.41) is 26.1. The van der Waals surface area contributed by atoms with Crippen LogP contribution in [0.5, 0.6) is 0 Å². The lowest BCUT2D eigenvalue weighted by atomic mass is 9.95. The topological polar surface area (TPSA) is 116 Å². The zero-order valence-electron chi connectivity index (χ0n) is 15.1. The van der Waals surface area contributed by atoms with Gasteiger partial charge < -0.3 is 15.0 Å². The van der Waals surface area contributed by atoms with Crippen LogP contribution in [0.1, 0.15) is 71.1 Å². The van der Waals surface area contributed by atoms with Crippen LogP contribution < -0.4 is 0 Å². The van der Waals surface area contributed by atoms with Gasteiger partial charge in [0.05, 0.1) is 12.2 Å². The summed E-state index contributed by atoms with van der Waals surface area (Å²) in [6.45, 7) is 1.96. The van der Waals surface area contributed by atoms with Gasteiger partial charge in [0.25, 0.3) is 0 Å². The molecule has 0 aliphatic carbocycles. The molecule has 0 aromatic rings. The van der Waals surface area contributed by atoms with Gasteiger partial charge in [-0.3, -0.25) is 0 Å². The molecule has 0 bridgehead atoms. The second-order valence-corrected chi connectivity index (χ2v) is 6.34. The van der Waals surface area contributed by atoms with E-state index in [0.717, 1.165) is 44.8 Å². The number of hydrogen-bond donors (Lipinski definition) is 2. The molecule has 144 valence electrons. The van der Waals surface area contributed by atoms with E-state index in [9.17, 15) is 24.8 Å². The molecule has 0 spiro atoms. The van der Waals surface area contributed by atoms with E-state index >= 15 is 0 Å². The summed E-state index contributed by atoms with van der Waals surface area (Å²) in [4.78, 5) is 32.0. The lowest BCUT2D eigenvalue weighted by Crippen LogP contribution is -2.33. The van der Waals surface area contributed by atoms with Crippen molar-refractivity contribution in [2.45, 2.75) is 95.4 Å². The first-order chi connectivity index (χ1) is 12.1. The van der Waals surface area contributed by atoms with Crippen LogP contribution in [0.15, 0.2) is 22.5 Å². The fraction of sp³-hybridized carbons (Fsp3) is 0.833. The van der Waals surface area contributed by atoms with Gasteiger partial charge in [0.15, 0.2) is 0 Å². The zero-order chi connectivity index (χ0) is 18.9. The molecular formula is C18H32N2O5. The van der Waals surface area contributed by atoms with Gasteiger partial charge in [0, 0.05) is 12.8 Å². The van der Waals surface area contributed by atoms with Crippen LogP contribution in [-0.4, -0.2) is 40.8 Å². The second-order valence-electron chi connectivity index (χ2n) is 6.34. The number of nitroso groups, excluding NO2 is 2. The summed E-state index contributed by atoms with van der Waals surface area (Å²) in [5.41, 5.74) is 0. The summed E-state index contributed by atoms with van der Waals surface area (Å²) < 4.78 is 0. The van der Waals surface area contributed by atoms with Crippen molar-refractivity contribution in [3.63, 3.8) is 0 Å². The van der Waals surface area contributed by atoms with E-state index in [4.69, 9.17) is 0 Å². The van der Waals surface area contributed by atoms with Crippen LogP contribution in [-0.2, 0) is 4.79 Å². The Morgan fingerprint density at radius 3 is 2.08 bits per heavy atom. The first-order valence-corrected chi connectivity index (χ1v) is 9.20. The fourth-order valence-electron chi connectivity index (χ4n) is 2.66. The SMILES string of the molecule is CC/C=C\CC(N=O)C(O)CC(O)C(CCCCCCCC=O)N=O. The molecule has 7 heteroatoms. The van der Waals surface area contributed by atoms with Crippen LogP contribution >= 0.6 is 0 Å². The van der Waals surface area contributed by atoms with Crippen molar-refractivity contribution in [1.82, 2.24) is 0 Å². The minimum Gasteiger partial charge on any atom is -0.391 e. The molecule has 0 aromatic carbocycles. The third kappa shape index (κ3) is 11.7. The van der Waals surface area contributed by atoms with E-state index < -0.39 is 24.3 Å². The van der Waals surface area contributed by atoms with Crippen molar-refractivity contribution in [3.8, 4) is 0 Å². The molecule has 0 amide bonds. The highest BCUT2D eigenvalue weighted by atomic mass is 16.3. The molecule has 0 aromatic heterocycles. The highest BCUT2D eigenvalue weighted by molar-refractivity contribution is 5.48. The van der Waals surface area contributed by atoms with E-state index in [2.05, 4.69) is 10.4 Å². The van der Waals surface area contributed by atoms with Crippen molar-refractivity contribution in [2.24, 2.45) is 10.4 Å². The highest BCUT2D eigenvalue weighted by Gasteiger charge is 2.27. The van der Waals surface area contributed by atoms with E-state index in [0.29, 0.717) is 19.3 Å². The van der Waals surface area contributed by atoms with Gasteiger partial charge in [-0.2, -0.15) is 9.81 Å². The number of unbranched alkanes of at least 4 members (excludes halogenated alkanes) is 5. The average Bonchev–Trinajstić information content (AvgIpc) is 2.61. The molecule has 25 heavy (non-hydrogen) atoms. The molecule has 4 unspecified atom stereocenters. The number of allylic oxidation sites excluding steroid dienone is 1. The molecule has 4 atom stereocenters. The fourth-order valence-corrected chi connectivity index (χ4v) is 2.66. The lowest BCUT2D eigenvalue weighted by molar-refractivity contribution is -0.107. The summed E-state index contributed by atoms with van der Waals surface area (Å²) in [6.07, 6.45) is 8.93. The average molecular weight is 356 g/mol. The van der Waals surface area contributed by atoms with Gasteiger partial charge in [-0.15, -0.1) is 0 Å². The standard InChI is InChI=1S/C18H32N2O5/c1-2-3-8-11-15(19-24)17(22)14-18(23)16(20-25)12-9-6-4-5-7-10-13-21/h3,8,13,15-18,22-23H,2,4-7,9-12,14H2,1H3/b8-3-. The van der Waals surface area contributed by atoms with Crippen LogP contribution in [0.3, 0.4) is 0 Å². The van der Waals surface area contributed by atoms with Crippen LogP contribution in [0.25, 0.3) is 0 Å². The zero-order valence-corrected chi connectivity index (χ0v) is 15.1. The molecule has 0 saturated heterocycles. The van der Waals surface area contributed by atoms with Crippen LogP contribution in [0.4, 0.5) is 0 Å². The number of hydrogen-bond acceptors (Lipinski definition) is 7. The predicted molar refractivity (Wildman–Crippen MR) is 98.2 cm³/mol. The Hall–Kier alpha value is -1.47. The quantitative estimate of drug-likeness (QED) is 0.178. The van der Waals surface area contributed by atoms with Gasteiger partial charge in [0.2, 0.25) is 0 Å². The van der Waals surface area contributed by atoms with Crippen LogP contribution in [0.2, 0.25) is 0 Å². The maximum Gasteiger partial charge on any atom is 0.121 e. The first-order valence-electron chi connectivity index (χ1n) is 9.20. The number of aliphatic hydroxyl groups is 2. The van der Waals surface area contributed by atoms with E-state index in [1.807, 2.05) is 13.0 Å². The van der Waals surface area contributed by atoms with Gasteiger partial charge in [-0.1, -0.05) is 55.1 Å². The van der Waals surface area contributed by atoms with E-state index in [-0.39, 0.29) is 6.42 Å². The van der Waals surface area contributed by atoms with E-state index in [1.165, 1.54) is 0 Å². The summed E-state index contributed by atoms with van der Waals surface area (Å²) >= 11 is 0. The third-order valence-electron chi connectivity index (χ3n) is 4.24. The van der Waals surface area contributed by atoms with E-state index in [1.54, 1.807) is 6.08 Å². The first kappa shape index (κ1) is 23.5. The Bertz CT molecular complexity index is 390. The summed E-state index contributed by atoms with van der Waals surface area (Å²) in [7, 11) is 0. The molecule has 2 N–H and O–H groups in total. The molecule has 7 nitrogen and oxygen atoms in total. The molecular weight excluding hydrogens is 324 g/mol. The molecule has 0 aliphatic rings. The molecule has 0 aliphatic heterocycles. The lowest BCUT2D eigenvalue weighted by Gasteiger charge is -2.21. The molecule has 0 radical (unpaired) electrons. The maximum atomic E-state index is 11.0. The highest BCUT2D eigenvalue weighted by Crippen LogP contribution is 2.18. The second kappa shape index (κ2) is 16.0. The molecule has 0 heterocycles. The van der Waals surface area contributed by atoms with Crippen molar-refractivity contribution in [1.29, 1.82) is 0 Å². The number of aldehydes is 1. The third-order valence-corrected chi connectivity index (χ3v) is 4.24. The number of rotatable bonds is 17. The van der Waals surface area contributed by atoms with Crippen molar-refractivity contribution in [3.05, 3.63) is 22.0 Å². The molecule has 0 saturated carbocycles. The summed E-state index contributed by atoms with van der Waals surface area (Å²) in [6, 6.07) is -1.62. The van der Waals surface area contributed by atoms with Gasteiger partial charge in [-0.05, 0) is 25.7 Å². The minimum atomic E-state index is -1.10. The van der Waals surface area contributed by atoms with Crippen molar-refractivity contribution in [2.75, 3.05) is 0 Å². The number of carbonyl (C=O) groups excluding carboxylic acids is 1. The van der Waals surface area contributed by atoms with Crippen molar-refractivity contribution < 1.29 is 15.0 Å². The predicted octanol–water partition coefficient (Wildman–Crippen LogP) is 3.65. The van der Waals surface area contributed by atoms with Crippen molar-refractivity contribution >= 4 is 6.29 Å². The number of aliphatic hydroxyl groups excluding tert-OH is 2. The Morgan fingerprint density at radius 2 is 1.48 bits per heavy atom. The number of nitrogens with zero attached hydrogens (tertiary/aromatic N) is 2. The normalized spacial score (nSPS) is 16.3. The molecule has 0 rings (SSSR count). The maximum absolute atomic E-state index is 11.0. The monoisotopic (exact) mass is 356 g/mol.